The zero-order valence-corrected chi connectivity index (χ0v) is 13.9. The second-order valence-corrected chi connectivity index (χ2v) is 11.2. The van der Waals surface area contributed by atoms with E-state index in [0.717, 1.165) is 0 Å². The molecule has 2 aliphatic carbocycles. The molecule has 1 aliphatic heterocycles. The predicted octanol–water partition coefficient (Wildman–Crippen LogP) is 5.30. The van der Waals surface area contributed by atoms with Gasteiger partial charge in [-0.15, -0.1) is 0 Å². The van der Waals surface area contributed by atoms with E-state index in [9.17, 15) is 0 Å². The van der Waals surface area contributed by atoms with Crippen molar-refractivity contribution in [2.24, 2.45) is 0 Å². The Balaban J connectivity index is 1.70. The summed E-state index contributed by atoms with van der Waals surface area (Å²) in [6.07, 6.45) is 16.0. The third kappa shape index (κ3) is 1.17. The van der Waals surface area contributed by atoms with Gasteiger partial charge < -0.3 is 0 Å². The lowest BCUT2D eigenvalue weighted by molar-refractivity contribution is 0.512. The van der Waals surface area contributed by atoms with Gasteiger partial charge in [0.2, 0.25) is 0 Å². The van der Waals surface area contributed by atoms with Crippen LogP contribution in [0.2, 0.25) is 0 Å². The van der Waals surface area contributed by atoms with Gasteiger partial charge >= 0.3 is 0 Å². The van der Waals surface area contributed by atoms with Gasteiger partial charge in [0.25, 0.3) is 0 Å². The molecule has 110 valence electrons. The molecule has 0 aromatic heterocycles. The van der Waals surface area contributed by atoms with E-state index in [2.05, 4.69) is 85.3 Å². The van der Waals surface area contributed by atoms with Gasteiger partial charge in [-0.3, -0.25) is 0 Å². The molecule has 2 spiro atoms. The SMILES string of the molecule is CS1(C)C2(C=Cc3ccccc32)CC12C=Cc1ccccc12. The lowest BCUT2D eigenvalue weighted by Crippen LogP contribution is -2.54. The van der Waals surface area contributed by atoms with Gasteiger partial charge in [0.1, 0.15) is 0 Å². The van der Waals surface area contributed by atoms with Crippen LogP contribution in [0.5, 0.6) is 0 Å². The summed E-state index contributed by atoms with van der Waals surface area (Å²) in [5.41, 5.74) is 5.96. The first-order valence-electron chi connectivity index (χ1n) is 7.91. The Kier molecular flexibility index (Phi) is 2.19. The minimum Gasteiger partial charge on any atom is -0.221 e. The molecule has 0 N–H and O–H groups in total. The average molecular weight is 304 g/mol. The molecule has 1 heteroatoms. The summed E-state index contributed by atoms with van der Waals surface area (Å²) in [5.74, 6) is 0. The van der Waals surface area contributed by atoms with Crippen molar-refractivity contribution in [2.45, 2.75) is 15.9 Å². The molecule has 22 heavy (non-hydrogen) atoms. The summed E-state index contributed by atoms with van der Waals surface area (Å²) in [4.78, 5) is 0. The van der Waals surface area contributed by atoms with Crippen LogP contribution in [-0.4, -0.2) is 12.5 Å². The van der Waals surface area contributed by atoms with Crippen LogP contribution in [0.1, 0.15) is 28.7 Å². The monoisotopic (exact) mass is 304 g/mol. The Morgan fingerprint density at radius 2 is 1.18 bits per heavy atom. The first-order valence-corrected chi connectivity index (χ1v) is 10.4. The van der Waals surface area contributed by atoms with Gasteiger partial charge in [-0.1, -0.05) is 72.8 Å². The van der Waals surface area contributed by atoms with Crippen LogP contribution in [0.25, 0.3) is 12.2 Å². The zero-order valence-electron chi connectivity index (χ0n) is 13.0. The van der Waals surface area contributed by atoms with Crippen molar-refractivity contribution >= 4 is 22.2 Å². The summed E-state index contributed by atoms with van der Waals surface area (Å²) in [7, 11) is -0.862. The minimum atomic E-state index is -0.862. The number of hydrogen-bond acceptors (Lipinski definition) is 0. The molecule has 1 fully saturated rings. The average Bonchev–Trinajstić information content (AvgIpc) is 3.11. The molecule has 2 atom stereocenters. The van der Waals surface area contributed by atoms with Crippen LogP contribution < -0.4 is 0 Å². The molecular weight excluding hydrogens is 284 g/mol. The fraction of sp³-hybridized carbons (Fsp3) is 0.238. The third-order valence-corrected chi connectivity index (χ3v) is 10.9. The van der Waals surface area contributed by atoms with E-state index in [1.165, 1.54) is 17.5 Å². The largest absolute Gasteiger partial charge is 0.221 e. The normalized spacial score (nSPS) is 33.7. The maximum atomic E-state index is 2.54. The molecule has 0 nitrogen and oxygen atoms in total. The molecule has 0 saturated carbocycles. The first kappa shape index (κ1) is 12.8. The standard InChI is InChI=1S/C21H20S/c1-22(2)20(13-11-16-7-3-5-9-18(16)20)15-21(22)14-12-17-8-4-6-10-19(17)21/h3-14H,15H2,1-2H3. The minimum absolute atomic E-state index is 0.269. The van der Waals surface area contributed by atoms with Crippen molar-refractivity contribution in [2.75, 3.05) is 12.5 Å². The van der Waals surface area contributed by atoms with E-state index in [0.29, 0.717) is 0 Å². The van der Waals surface area contributed by atoms with E-state index in [-0.39, 0.29) is 9.49 Å². The Bertz CT molecular complexity index is 788. The second kappa shape index (κ2) is 3.78. The molecule has 0 amide bonds. The molecule has 1 heterocycles. The molecule has 0 radical (unpaired) electrons. The number of hydrogen-bond donors (Lipinski definition) is 0. The summed E-state index contributed by atoms with van der Waals surface area (Å²) < 4.78 is 0.538. The third-order valence-electron chi connectivity index (χ3n) is 6.24. The van der Waals surface area contributed by atoms with Crippen LogP contribution in [0.15, 0.2) is 60.7 Å². The number of fused-ring (bicyclic) bond motifs is 4. The Hall–Kier alpha value is -1.73. The van der Waals surface area contributed by atoms with Crippen LogP contribution in [-0.2, 0) is 9.49 Å². The molecule has 5 rings (SSSR count). The van der Waals surface area contributed by atoms with Crippen molar-refractivity contribution in [1.29, 1.82) is 0 Å². The lowest BCUT2D eigenvalue weighted by atomic mass is 9.83. The van der Waals surface area contributed by atoms with Gasteiger partial charge in [0.05, 0.1) is 0 Å². The van der Waals surface area contributed by atoms with Crippen LogP contribution in [0.3, 0.4) is 0 Å². The summed E-state index contributed by atoms with van der Waals surface area (Å²) in [6.45, 7) is 0. The van der Waals surface area contributed by atoms with Crippen LogP contribution in [0, 0.1) is 0 Å². The maximum Gasteiger partial charge on any atom is 0.0468 e. The molecule has 1 saturated heterocycles. The van der Waals surface area contributed by atoms with E-state index in [1.54, 1.807) is 11.1 Å². The molecule has 3 aliphatic rings. The van der Waals surface area contributed by atoms with E-state index >= 15 is 0 Å². The van der Waals surface area contributed by atoms with E-state index < -0.39 is 10.0 Å². The summed E-state index contributed by atoms with van der Waals surface area (Å²) in [5, 5.41) is 0. The Morgan fingerprint density at radius 3 is 1.64 bits per heavy atom. The van der Waals surface area contributed by atoms with Crippen molar-refractivity contribution in [3.05, 3.63) is 82.9 Å². The maximum absolute atomic E-state index is 2.54. The van der Waals surface area contributed by atoms with E-state index in [4.69, 9.17) is 0 Å². The Morgan fingerprint density at radius 1 is 0.727 bits per heavy atom. The molecular formula is C21H20S. The first-order chi connectivity index (χ1) is 10.6. The Labute approximate surface area is 133 Å². The van der Waals surface area contributed by atoms with Crippen LogP contribution in [0.4, 0.5) is 0 Å². The highest BCUT2D eigenvalue weighted by Crippen LogP contribution is 2.86. The quantitative estimate of drug-likeness (QED) is 0.619. The molecule has 2 aromatic rings. The van der Waals surface area contributed by atoms with Crippen molar-refractivity contribution in [1.82, 2.24) is 0 Å². The second-order valence-electron chi connectivity index (χ2n) is 7.12. The molecule has 2 unspecified atom stereocenters. The van der Waals surface area contributed by atoms with Crippen LogP contribution >= 0.6 is 10.0 Å². The fourth-order valence-electron chi connectivity index (χ4n) is 4.88. The van der Waals surface area contributed by atoms with E-state index in [1.807, 2.05) is 0 Å². The van der Waals surface area contributed by atoms with Crippen molar-refractivity contribution in [3.63, 3.8) is 0 Å². The zero-order chi connectivity index (χ0) is 15.0. The number of benzene rings is 2. The topological polar surface area (TPSA) is 0 Å². The van der Waals surface area contributed by atoms with Gasteiger partial charge in [-0.2, -0.15) is 0 Å². The highest BCUT2D eigenvalue weighted by Gasteiger charge is 2.67. The van der Waals surface area contributed by atoms with Gasteiger partial charge in [-0.25, -0.2) is 10.0 Å². The number of rotatable bonds is 0. The fourth-order valence-corrected chi connectivity index (χ4v) is 8.75. The highest BCUT2D eigenvalue weighted by molar-refractivity contribution is 8.35. The van der Waals surface area contributed by atoms with Crippen molar-refractivity contribution < 1.29 is 0 Å². The van der Waals surface area contributed by atoms with Gasteiger partial charge in [-0.05, 0) is 41.2 Å². The summed E-state index contributed by atoms with van der Waals surface area (Å²) in [6, 6.07) is 17.9. The smallest absolute Gasteiger partial charge is 0.0468 e. The highest BCUT2D eigenvalue weighted by atomic mass is 32.3. The molecule has 0 bridgehead atoms. The molecule has 2 aromatic carbocycles. The summed E-state index contributed by atoms with van der Waals surface area (Å²) >= 11 is 0. The van der Waals surface area contributed by atoms with Gasteiger partial charge in [0, 0.05) is 9.49 Å². The lowest BCUT2D eigenvalue weighted by Gasteiger charge is -2.70. The van der Waals surface area contributed by atoms with Crippen molar-refractivity contribution in [3.8, 4) is 0 Å². The van der Waals surface area contributed by atoms with Gasteiger partial charge in [0.15, 0.2) is 0 Å². The predicted molar refractivity (Wildman–Crippen MR) is 98.4 cm³/mol.